The number of H-pyrrole nitrogens is 1. The summed E-state index contributed by atoms with van der Waals surface area (Å²) in [6.07, 6.45) is -4.72. The number of hydrogen-bond acceptors (Lipinski definition) is 2. The molecule has 0 atom stereocenters. The van der Waals surface area contributed by atoms with Crippen LogP contribution in [0, 0.1) is 5.82 Å². The predicted molar refractivity (Wildman–Crippen MR) is 86.6 cm³/mol. The van der Waals surface area contributed by atoms with Crippen LogP contribution in [0.3, 0.4) is 0 Å². The number of aromatic amines is 1. The summed E-state index contributed by atoms with van der Waals surface area (Å²) < 4.78 is 52.1. The number of nitrogens with zero attached hydrogens (tertiary/aromatic N) is 1. The maximum absolute atomic E-state index is 13.2. The molecule has 0 fully saturated rings. The zero-order chi connectivity index (χ0) is 18.7. The number of halogens is 4. The minimum atomic E-state index is -4.72. The Labute approximate surface area is 145 Å². The average molecular weight is 363 g/mol. The fraction of sp³-hybridized carbons (Fsp3) is 0.111. The standard InChI is InChI=1S/C18H13F4N3O/c19-13-8-4-5-11(9-13)10-23-16(26)15-14(12-6-2-1-3-7-12)24-17(25-15)18(20,21)22/h1-9H,10H2,(H,23,26)(H,24,25). The van der Waals surface area contributed by atoms with Gasteiger partial charge >= 0.3 is 6.18 Å². The van der Waals surface area contributed by atoms with Crippen molar-refractivity contribution in [1.82, 2.24) is 15.3 Å². The fourth-order valence-corrected chi connectivity index (χ4v) is 2.39. The normalized spacial score (nSPS) is 11.4. The summed E-state index contributed by atoms with van der Waals surface area (Å²) in [4.78, 5) is 18.0. The molecule has 0 unspecified atom stereocenters. The van der Waals surface area contributed by atoms with Gasteiger partial charge in [0.05, 0.1) is 0 Å². The van der Waals surface area contributed by atoms with Crippen molar-refractivity contribution in [3.8, 4) is 11.3 Å². The van der Waals surface area contributed by atoms with E-state index in [1.807, 2.05) is 4.98 Å². The summed E-state index contributed by atoms with van der Waals surface area (Å²) in [6, 6.07) is 13.6. The van der Waals surface area contributed by atoms with Crippen molar-refractivity contribution in [3.63, 3.8) is 0 Å². The summed E-state index contributed by atoms with van der Waals surface area (Å²) in [7, 11) is 0. The molecule has 0 aliphatic rings. The molecule has 0 aliphatic carbocycles. The van der Waals surface area contributed by atoms with Gasteiger partial charge in [-0.05, 0) is 17.7 Å². The SMILES string of the molecule is O=C(NCc1cccc(F)c1)c1[nH]c(C(F)(F)F)nc1-c1ccccc1. The Bertz CT molecular complexity index is 920. The second-order valence-electron chi connectivity index (χ2n) is 5.49. The van der Waals surface area contributed by atoms with Gasteiger partial charge in [0.1, 0.15) is 17.2 Å². The Balaban J connectivity index is 1.90. The molecule has 1 amide bonds. The van der Waals surface area contributed by atoms with Crippen LogP contribution in [0.25, 0.3) is 11.3 Å². The molecule has 0 bridgehead atoms. The summed E-state index contributed by atoms with van der Waals surface area (Å²) >= 11 is 0. The molecule has 3 rings (SSSR count). The first kappa shape index (κ1) is 17.7. The number of carbonyl (C=O) groups excluding carboxylic acids is 1. The third-order valence-electron chi connectivity index (χ3n) is 3.59. The number of hydrogen-bond donors (Lipinski definition) is 2. The first-order valence-corrected chi connectivity index (χ1v) is 7.60. The molecule has 0 saturated heterocycles. The van der Waals surface area contributed by atoms with E-state index >= 15 is 0 Å². The van der Waals surface area contributed by atoms with Crippen LogP contribution in [0.2, 0.25) is 0 Å². The molecule has 0 aliphatic heterocycles. The van der Waals surface area contributed by atoms with Crippen molar-refractivity contribution in [1.29, 1.82) is 0 Å². The van der Waals surface area contributed by atoms with Crippen molar-refractivity contribution in [2.45, 2.75) is 12.7 Å². The highest BCUT2D eigenvalue weighted by Crippen LogP contribution is 2.31. The van der Waals surface area contributed by atoms with Gasteiger partial charge in [0.25, 0.3) is 5.91 Å². The van der Waals surface area contributed by atoms with Gasteiger partial charge in [-0.15, -0.1) is 0 Å². The second kappa shape index (κ2) is 6.99. The second-order valence-corrected chi connectivity index (χ2v) is 5.49. The highest BCUT2D eigenvalue weighted by molar-refractivity contribution is 5.98. The number of alkyl halides is 3. The molecule has 4 nitrogen and oxygen atoms in total. The van der Waals surface area contributed by atoms with Crippen LogP contribution >= 0.6 is 0 Å². The largest absolute Gasteiger partial charge is 0.449 e. The summed E-state index contributed by atoms with van der Waals surface area (Å²) in [5, 5.41) is 2.47. The van der Waals surface area contributed by atoms with Gasteiger partial charge in [-0.2, -0.15) is 13.2 Å². The third kappa shape index (κ3) is 3.90. The van der Waals surface area contributed by atoms with Crippen molar-refractivity contribution < 1.29 is 22.4 Å². The molecule has 0 radical (unpaired) electrons. The molecule has 134 valence electrons. The van der Waals surface area contributed by atoms with Gasteiger partial charge in [0, 0.05) is 12.1 Å². The lowest BCUT2D eigenvalue weighted by molar-refractivity contribution is -0.144. The van der Waals surface area contributed by atoms with Gasteiger partial charge in [0.15, 0.2) is 0 Å². The highest BCUT2D eigenvalue weighted by atomic mass is 19.4. The van der Waals surface area contributed by atoms with E-state index in [9.17, 15) is 22.4 Å². The summed E-state index contributed by atoms with van der Waals surface area (Å²) in [5.74, 6) is -2.49. The van der Waals surface area contributed by atoms with Gasteiger partial charge in [-0.1, -0.05) is 42.5 Å². The van der Waals surface area contributed by atoms with E-state index in [0.29, 0.717) is 11.1 Å². The van der Waals surface area contributed by atoms with Gasteiger partial charge in [-0.3, -0.25) is 4.79 Å². The Kier molecular flexibility index (Phi) is 4.75. The first-order chi connectivity index (χ1) is 12.3. The third-order valence-corrected chi connectivity index (χ3v) is 3.59. The molecule has 0 spiro atoms. The van der Waals surface area contributed by atoms with Gasteiger partial charge < -0.3 is 10.3 Å². The minimum absolute atomic E-state index is 0.0365. The number of aromatic nitrogens is 2. The lowest BCUT2D eigenvalue weighted by Crippen LogP contribution is -2.24. The smallest absolute Gasteiger partial charge is 0.347 e. The number of rotatable bonds is 4. The lowest BCUT2D eigenvalue weighted by Gasteiger charge is -2.06. The van der Waals surface area contributed by atoms with E-state index in [-0.39, 0.29) is 17.9 Å². The number of nitrogens with one attached hydrogen (secondary N) is 2. The van der Waals surface area contributed by atoms with E-state index in [0.717, 1.165) is 0 Å². The Morgan fingerprint density at radius 1 is 1.08 bits per heavy atom. The highest BCUT2D eigenvalue weighted by Gasteiger charge is 2.37. The minimum Gasteiger partial charge on any atom is -0.347 e. The molecule has 3 aromatic rings. The predicted octanol–water partition coefficient (Wildman–Crippen LogP) is 4.16. The number of amides is 1. The molecule has 2 N–H and O–H groups in total. The molecule has 0 saturated carbocycles. The van der Waals surface area contributed by atoms with Crippen LogP contribution in [-0.4, -0.2) is 15.9 Å². The van der Waals surface area contributed by atoms with E-state index in [4.69, 9.17) is 0 Å². The Hall–Kier alpha value is -3.16. The molecule has 1 heterocycles. The number of imidazole rings is 1. The van der Waals surface area contributed by atoms with Crippen molar-refractivity contribution in [2.75, 3.05) is 0 Å². The Morgan fingerprint density at radius 2 is 1.81 bits per heavy atom. The molecule has 8 heteroatoms. The van der Waals surface area contributed by atoms with Crippen LogP contribution in [0.5, 0.6) is 0 Å². The lowest BCUT2D eigenvalue weighted by atomic mass is 10.1. The van der Waals surface area contributed by atoms with E-state index in [1.165, 1.54) is 18.2 Å². The van der Waals surface area contributed by atoms with E-state index in [1.54, 1.807) is 36.4 Å². The zero-order valence-corrected chi connectivity index (χ0v) is 13.3. The first-order valence-electron chi connectivity index (χ1n) is 7.60. The molecule has 26 heavy (non-hydrogen) atoms. The molecule has 2 aromatic carbocycles. The van der Waals surface area contributed by atoms with E-state index in [2.05, 4.69) is 10.3 Å². The van der Waals surface area contributed by atoms with Crippen molar-refractivity contribution >= 4 is 5.91 Å². The zero-order valence-electron chi connectivity index (χ0n) is 13.3. The molecule has 1 aromatic heterocycles. The summed E-state index contributed by atoms with van der Waals surface area (Å²) in [5.41, 5.74) is 0.444. The summed E-state index contributed by atoms with van der Waals surface area (Å²) in [6.45, 7) is -0.0365. The van der Waals surface area contributed by atoms with Gasteiger partial charge in [-0.25, -0.2) is 9.37 Å². The Morgan fingerprint density at radius 3 is 2.46 bits per heavy atom. The van der Waals surface area contributed by atoms with Crippen LogP contribution in [0.4, 0.5) is 17.6 Å². The number of benzene rings is 2. The van der Waals surface area contributed by atoms with Crippen LogP contribution < -0.4 is 5.32 Å². The topological polar surface area (TPSA) is 57.8 Å². The van der Waals surface area contributed by atoms with Crippen LogP contribution in [-0.2, 0) is 12.7 Å². The molecular weight excluding hydrogens is 350 g/mol. The maximum atomic E-state index is 13.2. The number of carbonyl (C=O) groups is 1. The fourth-order valence-electron chi connectivity index (χ4n) is 2.39. The van der Waals surface area contributed by atoms with E-state index < -0.39 is 23.7 Å². The monoisotopic (exact) mass is 363 g/mol. The van der Waals surface area contributed by atoms with Crippen molar-refractivity contribution in [2.24, 2.45) is 0 Å². The van der Waals surface area contributed by atoms with Gasteiger partial charge in [0.2, 0.25) is 5.82 Å². The van der Waals surface area contributed by atoms with Crippen LogP contribution in [0.1, 0.15) is 21.9 Å². The van der Waals surface area contributed by atoms with Crippen LogP contribution in [0.15, 0.2) is 54.6 Å². The van der Waals surface area contributed by atoms with Crippen molar-refractivity contribution in [3.05, 3.63) is 77.5 Å². The maximum Gasteiger partial charge on any atom is 0.449 e. The quantitative estimate of drug-likeness (QED) is 0.684. The molecular formula is C18H13F4N3O. The average Bonchev–Trinajstić information content (AvgIpc) is 3.06.